The van der Waals surface area contributed by atoms with Crippen LogP contribution in [0.2, 0.25) is 0 Å². The number of aromatic nitrogens is 2. The van der Waals surface area contributed by atoms with Crippen molar-refractivity contribution in [3.63, 3.8) is 0 Å². The molecule has 102 valence electrons. The minimum absolute atomic E-state index is 0.182. The molecule has 1 aromatic heterocycles. The predicted octanol–water partition coefficient (Wildman–Crippen LogP) is 3.11. The fourth-order valence-corrected chi connectivity index (χ4v) is 2.01. The Balaban J connectivity index is 2.12. The van der Waals surface area contributed by atoms with Crippen molar-refractivity contribution in [2.75, 3.05) is 0 Å². The van der Waals surface area contributed by atoms with Crippen molar-refractivity contribution >= 4 is 0 Å². The van der Waals surface area contributed by atoms with Gasteiger partial charge in [-0.2, -0.15) is 0 Å². The molecule has 2 rings (SSSR count). The van der Waals surface area contributed by atoms with Gasteiger partial charge in [-0.15, -0.1) is 10.2 Å². The van der Waals surface area contributed by atoms with E-state index in [1.165, 1.54) is 5.56 Å². The highest BCUT2D eigenvalue weighted by Gasteiger charge is 2.18. The smallest absolute Gasteiger partial charge is 0.230 e. The molecular weight excluding hydrogens is 238 g/mol. The molecule has 0 radical (unpaired) electrons. The van der Waals surface area contributed by atoms with Crippen molar-refractivity contribution in [1.29, 1.82) is 0 Å². The van der Waals surface area contributed by atoms with E-state index < -0.39 is 0 Å². The molecule has 1 unspecified atom stereocenters. The monoisotopic (exact) mass is 259 g/mol. The van der Waals surface area contributed by atoms with Crippen LogP contribution in [0.25, 0.3) is 0 Å². The summed E-state index contributed by atoms with van der Waals surface area (Å²) >= 11 is 0. The Bertz CT molecular complexity index is 493. The summed E-state index contributed by atoms with van der Waals surface area (Å²) in [6.07, 6.45) is 0.948. The minimum Gasteiger partial charge on any atom is -0.423 e. The second-order valence-corrected chi connectivity index (χ2v) is 4.94. The molecular formula is C15H21N3O. The number of benzene rings is 1. The Morgan fingerprint density at radius 3 is 2.53 bits per heavy atom. The van der Waals surface area contributed by atoms with Crippen LogP contribution >= 0.6 is 0 Å². The van der Waals surface area contributed by atoms with Crippen molar-refractivity contribution < 1.29 is 4.42 Å². The molecule has 0 bridgehead atoms. The zero-order chi connectivity index (χ0) is 13.7. The Kier molecular flexibility index (Phi) is 4.68. The SMILES string of the molecule is CCC(c1ccccc1)c1nnc(CNC(C)C)o1. The van der Waals surface area contributed by atoms with Gasteiger partial charge in [0.1, 0.15) is 0 Å². The van der Waals surface area contributed by atoms with Crippen molar-refractivity contribution in [2.45, 2.75) is 45.7 Å². The Morgan fingerprint density at radius 2 is 1.89 bits per heavy atom. The van der Waals surface area contributed by atoms with Crippen molar-refractivity contribution in [3.8, 4) is 0 Å². The van der Waals surface area contributed by atoms with Crippen LogP contribution < -0.4 is 5.32 Å². The average molecular weight is 259 g/mol. The lowest BCUT2D eigenvalue weighted by atomic mass is 9.97. The van der Waals surface area contributed by atoms with Crippen molar-refractivity contribution in [1.82, 2.24) is 15.5 Å². The maximum Gasteiger partial charge on any atom is 0.230 e. The largest absolute Gasteiger partial charge is 0.423 e. The van der Waals surface area contributed by atoms with Gasteiger partial charge in [0.15, 0.2) is 0 Å². The zero-order valence-corrected chi connectivity index (χ0v) is 11.8. The molecule has 1 atom stereocenters. The zero-order valence-electron chi connectivity index (χ0n) is 11.8. The first-order valence-corrected chi connectivity index (χ1v) is 6.81. The molecule has 0 saturated heterocycles. The molecule has 0 saturated carbocycles. The molecule has 4 nitrogen and oxygen atoms in total. The van der Waals surface area contributed by atoms with E-state index in [0.717, 1.165) is 6.42 Å². The normalized spacial score (nSPS) is 12.8. The first-order chi connectivity index (χ1) is 9.20. The average Bonchev–Trinajstić information content (AvgIpc) is 2.87. The van der Waals surface area contributed by atoms with Gasteiger partial charge in [0, 0.05) is 6.04 Å². The van der Waals surface area contributed by atoms with E-state index in [4.69, 9.17) is 4.42 Å². The van der Waals surface area contributed by atoms with Crippen LogP contribution in [0.4, 0.5) is 0 Å². The molecule has 0 spiro atoms. The van der Waals surface area contributed by atoms with Gasteiger partial charge in [-0.3, -0.25) is 0 Å². The van der Waals surface area contributed by atoms with Gasteiger partial charge in [0.25, 0.3) is 0 Å². The van der Waals surface area contributed by atoms with E-state index in [2.05, 4.69) is 48.4 Å². The molecule has 0 aliphatic heterocycles. The summed E-state index contributed by atoms with van der Waals surface area (Å²) in [5.74, 6) is 1.54. The third-order valence-corrected chi connectivity index (χ3v) is 3.05. The first-order valence-electron chi connectivity index (χ1n) is 6.81. The van der Waals surface area contributed by atoms with Crippen LogP contribution in [-0.4, -0.2) is 16.2 Å². The highest BCUT2D eigenvalue weighted by Crippen LogP contribution is 2.26. The highest BCUT2D eigenvalue weighted by atomic mass is 16.4. The maximum atomic E-state index is 5.76. The standard InChI is InChI=1S/C15H21N3O/c1-4-13(12-8-6-5-7-9-12)15-18-17-14(19-15)10-16-11(2)3/h5-9,11,13,16H,4,10H2,1-3H3. The summed E-state index contributed by atoms with van der Waals surface area (Å²) in [6.45, 7) is 6.94. The van der Waals surface area contributed by atoms with Crippen molar-refractivity contribution in [2.24, 2.45) is 0 Å². The molecule has 1 N–H and O–H groups in total. The molecule has 1 heterocycles. The number of hydrogen-bond acceptors (Lipinski definition) is 4. The summed E-state index contributed by atoms with van der Waals surface area (Å²) in [6, 6.07) is 10.7. The van der Waals surface area contributed by atoms with E-state index in [0.29, 0.717) is 24.4 Å². The van der Waals surface area contributed by atoms with Gasteiger partial charge >= 0.3 is 0 Å². The predicted molar refractivity (Wildman–Crippen MR) is 74.8 cm³/mol. The fourth-order valence-electron chi connectivity index (χ4n) is 2.01. The summed E-state index contributed by atoms with van der Waals surface area (Å²) in [5.41, 5.74) is 1.22. The lowest BCUT2D eigenvalue weighted by molar-refractivity contribution is 0.406. The summed E-state index contributed by atoms with van der Waals surface area (Å²) in [4.78, 5) is 0. The maximum absolute atomic E-state index is 5.76. The lowest BCUT2D eigenvalue weighted by Crippen LogP contribution is -2.21. The summed E-state index contributed by atoms with van der Waals surface area (Å²) < 4.78 is 5.76. The van der Waals surface area contributed by atoms with Crippen LogP contribution in [0, 0.1) is 0 Å². The van der Waals surface area contributed by atoms with E-state index in [9.17, 15) is 0 Å². The number of nitrogens with one attached hydrogen (secondary N) is 1. The van der Waals surface area contributed by atoms with Gasteiger partial charge in [-0.1, -0.05) is 51.1 Å². The lowest BCUT2D eigenvalue weighted by Gasteiger charge is -2.10. The van der Waals surface area contributed by atoms with Crippen LogP contribution in [0.1, 0.15) is 50.5 Å². The molecule has 0 amide bonds. The molecule has 0 fully saturated rings. The van der Waals surface area contributed by atoms with Crippen LogP contribution in [0.5, 0.6) is 0 Å². The van der Waals surface area contributed by atoms with E-state index in [-0.39, 0.29) is 5.92 Å². The van der Waals surface area contributed by atoms with E-state index in [1.807, 2.05) is 18.2 Å². The molecule has 0 aliphatic carbocycles. The van der Waals surface area contributed by atoms with Gasteiger partial charge in [0.2, 0.25) is 11.8 Å². The third kappa shape index (κ3) is 3.64. The van der Waals surface area contributed by atoms with Crippen LogP contribution in [-0.2, 0) is 6.54 Å². The van der Waals surface area contributed by atoms with E-state index in [1.54, 1.807) is 0 Å². The number of nitrogens with zero attached hydrogens (tertiary/aromatic N) is 2. The molecule has 4 heteroatoms. The molecule has 2 aromatic rings. The number of rotatable bonds is 6. The van der Waals surface area contributed by atoms with Gasteiger partial charge in [0.05, 0.1) is 12.5 Å². The molecule has 0 aliphatic rings. The quantitative estimate of drug-likeness (QED) is 0.866. The van der Waals surface area contributed by atoms with Crippen LogP contribution in [0.3, 0.4) is 0 Å². The third-order valence-electron chi connectivity index (χ3n) is 3.05. The van der Waals surface area contributed by atoms with Gasteiger partial charge < -0.3 is 9.73 Å². The van der Waals surface area contributed by atoms with E-state index >= 15 is 0 Å². The minimum atomic E-state index is 0.182. The molecule has 1 aromatic carbocycles. The fraction of sp³-hybridized carbons (Fsp3) is 0.467. The second kappa shape index (κ2) is 6.48. The van der Waals surface area contributed by atoms with Gasteiger partial charge in [-0.25, -0.2) is 0 Å². The molecule has 19 heavy (non-hydrogen) atoms. The Hall–Kier alpha value is -1.68. The summed E-state index contributed by atoms with van der Waals surface area (Å²) in [5, 5.41) is 11.6. The van der Waals surface area contributed by atoms with Crippen molar-refractivity contribution in [3.05, 3.63) is 47.7 Å². The first kappa shape index (κ1) is 13.7. The second-order valence-electron chi connectivity index (χ2n) is 4.94. The summed E-state index contributed by atoms with van der Waals surface area (Å²) in [7, 11) is 0. The van der Waals surface area contributed by atoms with Crippen LogP contribution in [0.15, 0.2) is 34.7 Å². The number of hydrogen-bond donors (Lipinski definition) is 1. The Labute approximate surface area is 114 Å². The Morgan fingerprint density at radius 1 is 1.16 bits per heavy atom. The highest BCUT2D eigenvalue weighted by molar-refractivity contribution is 5.24. The van der Waals surface area contributed by atoms with Gasteiger partial charge in [-0.05, 0) is 12.0 Å². The topological polar surface area (TPSA) is 51.0 Å².